The number of aryl methyl sites for hydroxylation is 1. The molecule has 2 nitrogen and oxygen atoms in total. The van der Waals surface area contributed by atoms with E-state index in [4.69, 9.17) is 0 Å². The van der Waals surface area contributed by atoms with Crippen molar-refractivity contribution in [1.29, 1.82) is 0 Å². The normalized spacial score (nSPS) is 38.0. The van der Waals surface area contributed by atoms with Gasteiger partial charge in [0.05, 0.1) is 6.10 Å². The number of fused-ring (bicyclic) bond motifs is 4. The van der Waals surface area contributed by atoms with Gasteiger partial charge in [-0.2, -0.15) is 0 Å². The first-order valence-electron chi connectivity index (χ1n) is 8.16. The number of aliphatic hydroxyl groups is 1. The number of hydrogen-bond acceptors (Lipinski definition) is 2. The van der Waals surface area contributed by atoms with Gasteiger partial charge < -0.3 is 10.2 Å². The molecule has 1 aromatic carbocycles. The van der Waals surface area contributed by atoms with Crippen LogP contribution >= 0.6 is 0 Å². The molecule has 1 saturated carbocycles. The quantitative estimate of drug-likeness (QED) is 0.710. The average Bonchev–Trinajstić information content (AvgIpc) is 2.73. The Hall–Kier alpha value is -1.28. The van der Waals surface area contributed by atoms with Gasteiger partial charge in [0, 0.05) is 5.41 Å². The van der Waals surface area contributed by atoms with Crippen LogP contribution in [0.25, 0.3) is 0 Å². The summed E-state index contributed by atoms with van der Waals surface area (Å²) < 4.78 is 0. The van der Waals surface area contributed by atoms with E-state index >= 15 is 0 Å². The second-order valence-corrected chi connectivity index (χ2v) is 7.75. The van der Waals surface area contributed by atoms with E-state index in [1.165, 1.54) is 17.5 Å². The summed E-state index contributed by atoms with van der Waals surface area (Å²) in [5.74, 6) is 0.380. The van der Waals surface area contributed by atoms with E-state index in [0.717, 1.165) is 32.1 Å². The number of rotatable bonds is 0. The van der Waals surface area contributed by atoms with E-state index in [1.807, 2.05) is 12.1 Å². The summed E-state index contributed by atoms with van der Waals surface area (Å²) in [5.41, 5.74) is 6.18. The zero-order valence-corrected chi connectivity index (χ0v) is 12.9. The fourth-order valence-corrected chi connectivity index (χ4v) is 5.26. The van der Waals surface area contributed by atoms with Gasteiger partial charge in [0.15, 0.2) is 0 Å². The van der Waals surface area contributed by atoms with Crippen LogP contribution in [0, 0.1) is 5.41 Å². The number of benzene rings is 1. The van der Waals surface area contributed by atoms with Gasteiger partial charge in [-0.25, -0.2) is 0 Å². The summed E-state index contributed by atoms with van der Waals surface area (Å²) in [6, 6.07) is 5.90. The summed E-state index contributed by atoms with van der Waals surface area (Å²) >= 11 is 0. The van der Waals surface area contributed by atoms with Gasteiger partial charge in [-0.05, 0) is 67.2 Å². The van der Waals surface area contributed by atoms with Crippen molar-refractivity contribution < 1.29 is 10.2 Å². The monoisotopic (exact) mass is 284 g/mol. The van der Waals surface area contributed by atoms with Crippen molar-refractivity contribution in [3.8, 4) is 5.75 Å². The van der Waals surface area contributed by atoms with Gasteiger partial charge in [-0.15, -0.1) is 0 Å². The molecular formula is C19H24O2. The first-order valence-corrected chi connectivity index (χ1v) is 8.16. The Morgan fingerprint density at radius 3 is 2.71 bits per heavy atom. The van der Waals surface area contributed by atoms with Crippen molar-refractivity contribution in [3.05, 3.63) is 40.5 Å². The van der Waals surface area contributed by atoms with E-state index in [9.17, 15) is 10.2 Å². The molecule has 3 aliphatic carbocycles. The molecule has 2 unspecified atom stereocenters. The van der Waals surface area contributed by atoms with Crippen molar-refractivity contribution in [2.24, 2.45) is 5.41 Å². The Morgan fingerprint density at radius 2 is 1.90 bits per heavy atom. The Labute approximate surface area is 126 Å². The molecule has 2 N–H and O–H groups in total. The third-order valence-electron chi connectivity index (χ3n) is 6.39. The minimum absolute atomic E-state index is 0.111. The lowest BCUT2D eigenvalue weighted by atomic mass is 9.56. The molecule has 0 radical (unpaired) electrons. The van der Waals surface area contributed by atoms with Crippen LogP contribution in [-0.2, 0) is 11.8 Å². The predicted molar refractivity (Wildman–Crippen MR) is 83.4 cm³/mol. The third kappa shape index (κ3) is 1.75. The highest BCUT2D eigenvalue weighted by molar-refractivity contribution is 5.52. The molecule has 1 fully saturated rings. The second-order valence-electron chi connectivity index (χ2n) is 7.75. The molecule has 0 heterocycles. The number of aliphatic hydroxyl groups excluding tert-OH is 1. The van der Waals surface area contributed by atoms with Gasteiger partial charge in [-0.3, -0.25) is 0 Å². The molecule has 4 rings (SSSR count). The van der Waals surface area contributed by atoms with Gasteiger partial charge in [0.25, 0.3) is 0 Å². The smallest absolute Gasteiger partial charge is 0.115 e. The molecule has 1 aromatic rings. The maximum absolute atomic E-state index is 10.2. The van der Waals surface area contributed by atoms with Crippen LogP contribution in [0.1, 0.15) is 57.1 Å². The van der Waals surface area contributed by atoms with E-state index in [-0.39, 0.29) is 16.9 Å². The molecule has 0 bridgehead atoms. The summed E-state index contributed by atoms with van der Waals surface area (Å²) in [4.78, 5) is 0. The van der Waals surface area contributed by atoms with Gasteiger partial charge in [0.1, 0.15) is 5.75 Å². The van der Waals surface area contributed by atoms with Crippen LogP contribution in [-0.4, -0.2) is 16.3 Å². The number of phenols is 1. The molecule has 3 atom stereocenters. The number of allylic oxidation sites excluding steroid dienone is 1. The third-order valence-corrected chi connectivity index (χ3v) is 6.39. The lowest BCUT2D eigenvalue weighted by Gasteiger charge is -2.48. The van der Waals surface area contributed by atoms with Crippen molar-refractivity contribution in [2.45, 2.75) is 63.9 Å². The highest BCUT2D eigenvalue weighted by Gasteiger charge is 2.50. The standard InChI is InChI=1S/C19H24O2/c1-18-7-8-19(2)15-6-4-13(20)9-12(15)3-5-16(19)17(18)10-14(21)11-18/h4,6,9,14,20-21H,3,5,7-8,10-11H2,1-2H3/t14?,18-,19?/m0/s1. The first kappa shape index (κ1) is 13.4. The van der Waals surface area contributed by atoms with E-state index < -0.39 is 0 Å². The lowest BCUT2D eigenvalue weighted by Crippen LogP contribution is -2.38. The number of aromatic hydroxyl groups is 1. The van der Waals surface area contributed by atoms with Crippen molar-refractivity contribution in [2.75, 3.05) is 0 Å². The zero-order valence-electron chi connectivity index (χ0n) is 12.9. The van der Waals surface area contributed by atoms with Crippen LogP contribution in [0.5, 0.6) is 5.75 Å². The Kier molecular flexibility index (Phi) is 2.63. The second kappa shape index (κ2) is 4.13. The highest BCUT2D eigenvalue weighted by atomic mass is 16.3. The van der Waals surface area contributed by atoms with E-state index in [1.54, 1.807) is 11.1 Å². The fraction of sp³-hybridized carbons (Fsp3) is 0.579. The molecule has 0 aromatic heterocycles. The van der Waals surface area contributed by atoms with Crippen LogP contribution in [0.4, 0.5) is 0 Å². The van der Waals surface area contributed by atoms with Gasteiger partial charge >= 0.3 is 0 Å². The zero-order chi connectivity index (χ0) is 14.8. The summed E-state index contributed by atoms with van der Waals surface area (Å²) in [7, 11) is 0. The van der Waals surface area contributed by atoms with Crippen molar-refractivity contribution in [3.63, 3.8) is 0 Å². The van der Waals surface area contributed by atoms with Crippen molar-refractivity contribution in [1.82, 2.24) is 0 Å². The first-order chi connectivity index (χ1) is 9.92. The topological polar surface area (TPSA) is 40.5 Å². The number of hydrogen-bond donors (Lipinski definition) is 2. The fourth-order valence-electron chi connectivity index (χ4n) is 5.26. The SMILES string of the molecule is CC12CC[C@@]3(C)CC(O)CC3=C1CCc1cc(O)ccc12. The van der Waals surface area contributed by atoms with Crippen molar-refractivity contribution >= 4 is 0 Å². The van der Waals surface area contributed by atoms with Crippen LogP contribution < -0.4 is 0 Å². The van der Waals surface area contributed by atoms with Gasteiger partial charge in [0.2, 0.25) is 0 Å². The molecule has 3 aliphatic rings. The maximum atomic E-state index is 10.2. The minimum atomic E-state index is -0.152. The summed E-state index contributed by atoms with van der Waals surface area (Å²) in [6.07, 6.45) is 6.08. The average molecular weight is 284 g/mol. The highest BCUT2D eigenvalue weighted by Crippen LogP contribution is 2.59. The Balaban J connectivity index is 1.90. The molecule has 112 valence electrons. The molecule has 2 heteroatoms. The molecule has 21 heavy (non-hydrogen) atoms. The lowest BCUT2D eigenvalue weighted by molar-refractivity contribution is 0.157. The maximum Gasteiger partial charge on any atom is 0.115 e. The molecule has 0 spiro atoms. The van der Waals surface area contributed by atoms with Crippen LogP contribution in [0.3, 0.4) is 0 Å². The van der Waals surface area contributed by atoms with Crippen LogP contribution in [0.2, 0.25) is 0 Å². The van der Waals surface area contributed by atoms with Crippen LogP contribution in [0.15, 0.2) is 29.3 Å². The molecule has 0 amide bonds. The van der Waals surface area contributed by atoms with E-state index in [0.29, 0.717) is 5.75 Å². The molecule has 0 saturated heterocycles. The van der Waals surface area contributed by atoms with E-state index in [2.05, 4.69) is 19.9 Å². The summed E-state index contributed by atoms with van der Waals surface area (Å²) in [5, 5.41) is 19.9. The summed E-state index contributed by atoms with van der Waals surface area (Å²) in [6.45, 7) is 4.71. The Morgan fingerprint density at radius 1 is 1.10 bits per heavy atom. The molecule has 0 aliphatic heterocycles. The minimum Gasteiger partial charge on any atom is -0.508 e. The molecular weight excluding hydrogens is 260 g/mol. The Bertz CT molecular complexity index is 645. The van der Waals surface area contributed by atoms with Gasteiger partial charge in [-0.1, -0.05) is 31.1 Å². The predicted octanol–water partition coefficient (Wildman–Crippen LogP) is 3.85. The largest absolute Gasteiger partial charge is 0.508 e. The number of phenolic OH excluding ortho intramolecular Hbond substituents is 1.